The van der Waals surface area contributed by atoms with Gasteiger partial charge in [-0.3, -0.25) is 0 Å². The highest BCUT2D eigenvalue weighted by Gasteiger charge is 2.34. The molecule has 0 saturated carbocycles. The fourth-order valence-corrected chi connectivity index (χ4v) is 2.30. The summed E-state index contributed by atoms with van der Waals surface area (Å²) < 4.78 is 36.2. The van der Waals surface area contributed by atoms with Crippen LogP contribution < -0.4 is 0 Å². The molecule has 102 valence electrons. The Labute approximate surface area is 108 Å². The van der Waals surface area contributed by atoms with E-state index in [1.165, 1.54) is 6.07 Å². The van der Waals surface area contributed by atoms with Gasteiger partial charge in [-0.1, -0.05) is 6.07 Å². The molecular weight excluding hydrogens is 257 g/mol. The Morgan fingerprint density at radius 1 is 1.37 bits per heavy atom. The second kappa shape index (κ2) is 5.10. The number of hydrogen-bond donors (Lipinski definition) is 1. The number of nitrogens with zero attached hydrogens (tertiary/aromatic N) is 2. The summed E-state index contributed by atoms with van der Waals surface area (Å²) in [4.78, 5) is 1.67. The summed E-state index contributed by atoms with van der Waals surface area (Å²) in [6.45, 7) is 0.861. The summed E-state index contributed by atoms with van der Waals surface area (Å²) in [6.07, 6.45) is -4.97. The summed E-state index contributed by atoms with van der Waals surface area (Å²) in [5.74, 6) is -0.0244. The molecule has 1 fully saturated rings. The number of nitriles is 1. The van der Waals surface area contributed by atoms with Crippen molar-refractivity contribution in [1.82, 2.24) is 4.90 Å². The van der Waals surface area contributed by atoms with Gasteiger partial charge in [-0.25, -0.2) is 0 Å². The van der Waals surface area contributed by atoms with E-state index in [1.54, 1.807) is 17.0 Å². The molecule has 19 heavy (non-hydrogen) atoms. The van der Waals surface area contributed by atoms with Gasteiger partial charge in [-0.2, -0.15) is 18.4 Å². The molecular formula is C13H13F3N2O. The lowest BCUT2D eigenvalue weighted by Gasteiger charge is -2.40. The summed E-state index contributed by atoms with van der Waals surface area (Å²) in [6, 6.07) is 6.68. The lowest BCUT2D eigenvalue weighted by molar-refractivity contribution is -0.140. The van der Waals surface area contributed by atoms with Crippen LogP contribution in [-0.2, 0) is 0 Å². The number of aromatic hydroxyl groups is 1. The van der Waals surface area contributed by atoms with E-state index in [2.05, 4.69) is 0 Å². The van der Waals surface area contributed by atoms with Crippen LogP contribution in [0.4, 0.5) is 13.2 Å². The Bertz CT molecular complexity index is 502. The van der Waals surface area contributed by atoms with E-state index >= 15 is 0 Å². The number of phenolic OH excluding ortho intramolecular Hbond substituents is 1. The molecule has 6 heteroatoms. The van der Waals surface area contributed by atoms with Crippen molar-refractivity contribution < 1.29 is 18.3 Å². The normalized spacial score (nSPS) is 16.9. The number of rotatable bonds is 3. The van der Waals surface area contributed by atoms with Crippen LogP contribution >= 0.6 is 0 Å². The highest BCUT2D eigenvalue weighted by atomic mass is 19.4. The molecule has 1 heterocycles. The van der Waals surface area contributed by atoms with E-state index in [0.29, 0.717) is 24.2 Å². The van der Waals surface area contributed by atoms with E-state index in [1.807, 2.05) is 6.07 Å². The van der Waals surface area contributed by atoms with E-state index in [-0.39, 0.29) is 18.2 Å². The Morgan fingerprint density at radius 2 is 2.05 bits per heavy atom. The van der Waals surface area contributed by atoms with Gasteiger partial charge >= 0.3 is 6.18 Å². The summed E-state index contributed by atoms with van der Waals surface area (Å²) >= 11 is 0. The molecule has 0 aliphatic carbocycles. The Hall–Kier alpha value is -1.74. The third-order valence-electron chi connectivity index (χ3n) is 3.28. The van der Waals surface area contributed by atoms with E-state index in [4.69, 9.17) is 5.26 Å². The second-order valence-corrected chi connectivity index (χ2v) is 4.67. The topological polar surface area (TPSA) is 47.3 Å². The lowest BCUT2D eigenvalue weighted by Crippen LogP contribution is -2.46. The van der Waals surface area contributed by atoms with Crippen LogP contribution in [0.5, 0.6) is 5.75 Å². The minimum absolute atomic E-state index is 0.0323. The number of hydrogen-bond acceptors (Lipinski definition) is 3. The van der Waals surface area contributed by atoms with Gasteiger partial charge in [-0.15, -0.1) is 0 Å². The van der Waals surface area contributed by atoms with Crippen LogP contribution in [0.3, 0.4) is 0 Å². The first-order valence-electron chi connectivity index (χ1n) is 5.92. The standard InChI is InChI=1S/C13H13F3N2O/c14-13(15,16)4-5-18-7-10(8-18)12-9(6-17)2-1-3-11(12)19/h1-3,10,19H,4-5,7-8H2. The number of phenols is 1. The average molecular weight is 270 g/mol. The molecule has 1 N–H and O–H groups in total. The van der Waals surface area contributed by atoms with Crippen molar-refractivity contribution in [2.24, 2.45) is 0 Å². The van der Waals surface area contributed by atoms with Crippen molar-refractivity contribution in [3.63, 3.8) is 0 Å². The Kier molecular flexibility index (Phi) is 3.67. The van der Waals surface area contributed by atoms with Gasteiger partial charge in [0.05, 0.1) is 18.1 Å². The highest BCUT2D eigenvalue weighted by Crippen LogP contribution is 2.35. The minimum Gasteiger partial charge on any atom is -0.508 e. The number of likely N-dealkylation sites (tertiary alicyclic amines) is 1. The van der Waals surface area contributed by atoms with Crippen LogP contribution in [0.1, 0.15) is 23.5 Å². The van der Waals surface area contributed by atoms with Crippen LogP contribution in [0.2, 0.25) is 0 Å². The first-order valence-corrected chi connectivity index (χ1v) is 5.92. The van der Waals surface area contributed by atoms with Crippen molar-refractivity contribution in [3.8, 4) is 11.8 Å². The Morgan fingerprint density at radius 3 is 2.63 bits per heavy atom. The minimum atomic E-state index is -4.14. The molecule has 0 aromatic heterocycles. The van der Waals surface area contributed by atoms with Crippen molar-refractivity contribution >= 4 is 0 Å². The first kappa shape index (κ1) is 13.7. The van der Waals surface area contributed by atoms with Crippen molar-refractivity contribution in [2.45, 2.75) is 18.5 Å². The molecule has 0 spiro atoms. The summed E-state index contributed by atoms with van der Waals surface area (Å²) in [7, 11) is 0. The van der Waals surface area contributed by atoms with E-state index in [9.17, 15) is 18.3 Å². The Balaban J connectivity index is 1.96. The molecule has 1 aliphatic heterocycles. The second-order valence-electron chi connectivity index (χ2n) is 4.67. The zero-order valence-electron chi connectivity index (χ0n) is 10.1. The van der Waals surface area contributed by atoms with Crippen LogP contribution in [0.15, 0.2) is 18.2 Å². The van der Waals surface area contributed by atoms with Crippen molar-refractivity contribution in [2.75, 3.05) is 19.6 Å². The maximum atomic E-state index is 12.1. The monoisotopic (exact) mass is 270 g/mol. The molecule has 1 aromatic rings. The van der Waals surface area contributed by atoms with Crippen molar-refractivity contribution in [3.05, 3.63) is 29.3 Å². The molecule has 0 unspecified atom stereocenters. The molecule has 2 rings (SSSR count). The van der Waals surface area contributed by atoms with E-state index in [0.717, 1.165) is 0 Å². The maximum absolute atomic E-state index is 12.1. The van der Waals surface area contributed by atoms with Gasteiger partial charge in [0.2, 0.25) is 0 Å². The molecule has 1 aliphatic rings. The predicted octanol–water partition coefficient (Wildman–Crippen LogP) is 2.62. The van der Waals surface area contributed by atoms with Crippen molar-refractivity contribution in [1.29, 1.82) is 5.26 Å². The SMILES string of the molecule is N#Cc1cccc(O)c1C1CN(CCC(F)(F)F)C1. The fraction of sp³-hybridized carbons (Fsp3) is 0.462. The van der Waals surface area contributed by atoms with Gasteiger partial charge < -0.3 is 10.0 Å². The molecule has 1 saturated heterocycles. The number of benzene rings is 1. The third-order valence-corrected chi connectivity index (χ3v) is 3.28. The van der Waals surface area contributed by atoms with Gasteiger partial charge in [0.25, 0.3) is 0 Å². The number of alkyl halides is 3. The quantitative estimate of drug-likeness (QED) is 0.918. The third kappa shape index (κ3) is 3.18. The van der Waals surface area contributed by atoms with E-state index < -0.39 is 12.6 Å². The molecule has 0 amide bonds. The summed E-state index contributed by atoms with van der Waals surface area (Å²) in [5.41, 5.74) is 0.939. The van der Waals surface area contributed by atoms with Gasteiger partial charge in [-0.05, 0) is 12.1 Å². The molecule has 3 nitrogen and oxygen atoms in total. The van der Waals surface area contributed by atoms with Crippen LogP contribution in [-0.4, -0.2) is 35.8 Å². The number of halogens is 3. The molecule has 0 bridgehead atoms. The van der Waals surface area contributed by atoms with Gasteiger partial charge in [0, 0.05) is 31.1 Å². The molecule has 0 radical (unpaired) electrons. The van der Waals surface area contributed by atoms with Gasteiger partial charge in [0.15, 0.2) is 0 Å². The zero-order valence-corrected chi connectivity index (χ0v) is 10.1. The molecule has 0 atom stereocenters. The highest BCUT2D eigenvalue weighted by molar-refractivity contribution is 5.49. The van der Waals surface area contributed by atoms with Crippen LogP contribution in [0, 0.1) is 11.3 Å². The predicted molar refractivity (Wildman–Crippen MR) is 62.7 cm³/mol. The molecule has 1 aromatic carbocycles. The van der Waals surface area contributed by atoms with Crippen LogP contribution in [0.25, 0.3) is 0 Å². The first-order chi connectivity index (χ1) is 8.90. The fourth-order valence-electron chi connectivity index (χ4n) is 2.30. The van der Waals surface area contributed by atoms with Gasteiger partial charge in [0.1, 0.15) is 5.75 Å². The zero-order chi connectivity index (χ0) is 14.0. The lowest BCUT2D eigenvalue weighted by atomic mass is 9.87. The summed E-state index contributed by atoms with van der Waals surface area (Å²) in [5, 5.41) is 18.7. The average Bonchev–Trinajstić information content (AvgIpc) is 2.27. The largest absolute Gasteiger partial charge is 0.508 e. The smallest absolute Gasteiger partial charge is 0.390 e. The maximum Gasteiger partial charge on any atom is 0.390 e.